The van der Waals surface area contributed by atoms with Crippen LogP contribution in [0, 0.1) is 5.82 Å². The summed E-state index contributed by atoms with van der Waals surface area (Å²) in [6, 6.07) is 9.99. The number of nitrogens with one attached hydrogen (secondary N) is 2. The van der Waals surface area contributed by atoms with Gasteiger partial charge in [0.2, 0.25) is 5.91 Å². The molecule has 30 heavy (non-hydrogen) atoms. The van der Waals surface area contributed by atoms with Crippen LogP contribution in [0.1, 0.15) is 28.3 Å². The summed E-state index contributed by atoms with van der Waals surface area (Å²) in [5.74, 6) is -3.39. The average Bonchev–Trinajstić information content (AvgIpc) is 2.71. The maximum atomic E-state index is 13.4. The number of hydrogen-bond acceptors (Lipinski definition) is 5. The van der Waals surface area contributed by atoms with Gasteiger partial charge < -0.3 is 20.3 Å². The molecule has 0 saturated carbocycles. The highest BCUT2D eigenvalue weighted by molar-refractivity contribution is 6.01. The molecule has 156 valence electrons. The molecule has 2 aromatic rings. The van der Waals surface area contributed by atoms with Crippen LogP contribution in [0.2, 0.25) is 0 Å². The van der Waals surface area contributed by atoms with Gasteiger partial charge in [-0.1, -0.05) is 6.07 Å². The Morgan fingerprint density at radius 3 is 2.53 bits per heavy atom. The molecule has 8 nitrogen and oxygen atoms in total. The number of esters is 1. The van der Waals surface area contributed by atoms with Crippen LogP contribution in [0.25, 0.3) is 0 Å². The summed E-state index contributed by atoms with van der Waals surface area (Å²) in [6.45, 7) is -0.550. The third-order valence-electron chi connectivity index (χ3n) is 4.51. The van der Waals surface area contributed by atoms with Crippen LogP contribution in [-0.4, -0.2) is 49.3 Å². The van der Waals surface area contributed by atoms with Crippen molar-refractivity contribution in [1.29, 1.82) is 0 Å². The second-order valence-electron chi connectivity index (χ2n) is 6.97. The second-order valence-corrected chi connectivity index (χ2v) is 6.97. The van der Waals surface area contributed by atoms with Crippen molar-refractivity contribution < 1.29 is 28.3 Å². The molecule has 1 atom stereocenters. The minimum atomic E-state index is -0.918. The van der Waals surface area contributed by atoms with Crippen LogP contribution in [0.3, 0.4) is 0 Å². The minimum Gasteiger partial charge on any atom is -0.455 e. The molecule has 1 aliphatic heterocycles. The number of anilines is 2. The predicted molar refractivity (Wildman–Crippen MR) is 106 cm³/mol. The maximum absolute atomic E-state index is 13.4. The van der Waals surface area contributed by atoms with E-state index in [2.05, 4.69) is 10.6 Å². The lowest BCUT2D eigenvalue weighted by atomic mass is 9.90. The van der Waals surface area contributed by atoms with Gasteiger partial charge in [0, 0.05) is 37.5 Å². The molecule has 1 unspecified atom stereocenters. The van der Waals surface area contributed by atoms with Crippen molar-refractivity contribution in [3.63, 3.8) is 0 Å². The van der Waals surface area contributed by atoms with Gasteiger partial charge in [0.05, 0.1) is 5.92 Å². The smallest absolute Gasteiger partial charge is 0.314 e. The number of benzene rings is 2. The zero-order valence-electron chi connectivity index (χ0n) is 16.4. The Hall–Kier alpha value is -3.75. The van der Waals surface area contributed by atoms with Crippen molar-refractivity contribution in [3.8, 4) is 0 Å². The van der Waals surface area contributed by atoms with Gasteiger partial charge >= 0.3 is 5.97 Å². The molecular formula is C21H20FN3O5. The molecule has 9 heteroatoms. The lowest BCUT2D eigenvalue weighted by Crippen LogP contribution is -2.30. The molecule has 2 aromatic carbocycles. The molecule has 3 amide bonds. The van der Waals surface area contributed by atoms with Crippen LogP contribution in [0.4, 0.5) is 15.8 Å². The maximum Gasteiger partial charge on any atom is 0.314 e. The monoisotopic (exact) mass is 413 g/mol. The SMILES string of the molecule is CN(C)C(=O)c1ccc(NC(=O)COC(=O)C2CC(=O)Nc3cc(F)ccc32)cc1. The molecule has 1 heterocycles. The van der Waals surface area contributed by atoms with E-state index in [0.29, 0.717) is 16.8 Å². The fourth-order valence-electron chi connectivity index (χ4n) is 3.04. The first-order valence-corrected chi connectivity index (χ1v) is 9.12. The molecule has 2 N–H and O–H groups in total. The zero-order valence-corrected chi connectivity index (χ0v) is 16.4. The Kier molecular flexibility index (Phi) is 6.10. The molecule has 0 aliphatic carbocycles. The summed E-state index contributed by atoms with van der Waals surface area (Å²) in [4.78, 5) is 49.6. The van der Waals surface area contributed by atoms with Gasteiger partial charge in [-0.25, -0.2) is 4.39 Å². The highest BCUT2D eigenvalue weighted by Gasteiger charge is 2.32. The van der Waals surface area contributed by atoms with Gasteiger partial charge in [-0.2, -0.15) is 0 Å². The minimum absolute atomic E-state index is 0.152. The lowest BCUT2D eigenvalue weighted by molar-refractivity contribution is -0.149. The molecule has 0 spiro atoms. The van der Waals surface area contributed by atoms with Crippen molar-refractivity contribution in [1.82, 2.24) is 4.90 Å². The standard InChI is InChI=1S/C21H20FN3O5/c1-25(2)20(28)12-3-6-14(7-4-12)23-19(27)11-30-21(29)16-10-18(26)24-17-9-13(22)5-8-15(16)17/h3-9,16H,10-11H2,1-2H3,(H,23,27)(H,24,26). The first-order chi connectivity index (χ1) is 14.2. The zero-order chi connectivity index (χ0) is 21.8. The number of fused-ring (bicyclic) bond motifs is 1. The summed E-state index contributed by atoms with van der Waals surface area (Å²) >= 11 is 0. The van der Waals surface area contributed by atoms with Gasteiger partial charge in [-0.05, 0) is 42.0 Å². The number of carbonyl (C=O) groups excluding carboxylic acids is 4. The van der Waals surface area contributed by atoms with Crippen molar-refractivity contribution >= 4 is 35.1 Å². The highest BCUT2D eigenvalue weighted by Crippen LogP contribution is 2.33. The number of ether oxygens (including phenoxy) is 1. The summed E-state index contributed by atoms with van der Waals surface area (Å²) in [7, 11) is 3.27. The van der Waals surface area contributed by atoms with E-state index in [1.807, 2.05) is 0 Å². The van der Waals surface area contributed by atoms with Crippen LogP contribution in [0.5, 0.6) is 0 Å². The Labute approximate surface area is 172 Å². The largest absolute Gasteiger partial charge is 0.455 e. The Morgan fingerprint density at radius 1 is 1.17 bits per heavy atom. The van der Waals surface area contributed by atoms with E-state index >= 15 is 0 Å². The fraction of sp³-hybridized carbons (Fsp3) is 0.238. The van der Waals surface area contributed by atoms with Crippen LogP contribution < -0.4 is 10.6 Å². The number of amides is 3. The Morgan fingerprint density at radius 2 is 1.87 bits per heavy atom. The molecular weight excluding hydrogens is 393 g/mol. The predicted octanol–water partition coefficient (Wildman–Crippen LogP) is 2.14. The van der Waals surface area contributed by atoms with Crippen LogP contribution >= 0.6 is 0 Å². The molecule has 0 saturated heterocycles. The Balaban J connectivity index is 1.58. The Bertz CT molecular complexity index is 1000. The fourth-order valence-corrected chi connectivity index (χ4v) is 3.04. The van der Waals surface area contributed by atoms with E-state index < -0.39 is 36.1 Å². The van der Waals surface area contributed by atoms with E-state index in [0.717, 1.165) is 6.07 Å². The van der Waals surface area contributed by atoms with Gasteiger partial charge in [-0.3, -0.25) is 19.2 Å². The van der Waals surface area contributed by atoms with Gasteiger partial charge in [0.1, 0.15) is 5.82 Å². The van der Waals surface area contributed by atoms with Gasteiger partial charge in [-0.15, -0.1) is 0 Å². The molecule has 0 aromatic heterocycles. The van der Waals surface area contributed by atoms with Crippen LogP contribution in [0.15, 0.2) is 42.5 Å². The topological polar surface area (TPSA) is 105 Å². The molecule has 0 bridgehead atoms. The van der Waals surface area contributed by atoms with Crippen molar-refractivity contribution in [2.24, 2.45) is 0 Å². The second kappa shape index (κ2) is 8.73. The molecule has 3 rings (SSSR count). The number of nitrogens with zero attached hydrogens (tertiary/aromatic N) is 1. The van der Waals surface area contributed by atoms with Crippen molar-refractivity contribution in [3.05, 3.63) is 59.4 Å². The van der Waals surface area contributed by atoms with E-state index in [9.17, 15) is 23.6 Å². The average molecular weight is 413 g/mol. The van der Waals surface area contributed by atoms with E-state index in [-0.39, 0.29) is 18.0 Å². The summed E-state index contributed by atoms with van der Waals surface area (Å²) in [5.41, 5.74) is 1.55. The number of hydrogen-bond donors (Lipinski definition) is 2. The lowest BCUT2D eigenvalue weighted by Gasteiger charge is -2.24. The van der Waals surface area contributed by atoms with Crippen molar-refractivity contribution in [2.75, 3.05) is 31.3 Å². The summed E-state index contributed by atoms with van der Waals surface area (Å²) < 4.78 is 18.4. The molecule has 1 aliphatic rings. The number of rotatable bonds is 5. The van der Waals surface area contributed by atoms with Gasteiger partial charge in [0.15, 0.2) is 6.61 Å². The van der Waals surface area contributed by atoms with E-state index in [1.54, 1.807) is 38.4 Å². The van der Waals surface area contributed by atoms with Gasteiger partial charge in [0.25, 0.3) is 11.8 Å². The highest BCUT2D eigenvalue weighted by atomic mass is 19.1. The third-order valence-corrected chi connectivity index (χ3v) is 4.51. The quantitative estimate of drug-likeness (QED) is 0.731. The number of halogens is 1. The first-order valence-electron chi connectivity index (χ1n) is 9.12. The van der Waals surface area contributed by atoms with E-state index in [1.165, 1.54) is 17.0 Å². The molecule has 0 fully saturated rings. The molecule has 0 radical (unpaired) electrons. The third kappa shape index (κ3) is 4.80. The van der Waals surface area contributed by atoms with Crippen LogP contribution in [-0.2, 0) is 19.1 Å². The number of carbonyl (C=O) groups is 4. The summed E-state index contributed by atoms with van der Waals surface area (Å²) in [5, 5.41) is 5.07. The first kappa shape index (κ1) is 21.0. The van der Waals surface area contributed by atoms with E-state index in [4.69, 9.17) is 4.74 Å². The summed E-state index contributed by atoms with van der Waals surface area (Å²) in [6.07, 6.45) is -0.152. The normalized spacial score (nSPS) is 14.9. The van der Waals surface area contributed by atoms with Crippen molar-refractivity contribution in [2.45, 2.75) is 12.3 Å².